The number of hydrogen-bond acceptors (Lipinski definition) is 2. The molecule has 0 fully saturated rings. The highest BCUT2D eigenvalue weighted by Gasteiger charge is 2.01. The molecule has 0 aliphatic carbocycles. The number of ether oxygens (including phenoxy) is 1. The van der Waals surface area contributed by atoms with Crippen LogP contribution in [0, 0.1) is 0 Å². The first-order valence-electron chi connectivity index (χ1n) is 6.48. The summed E-state index contributed by atoms with van der Waals surface area (Å²) in [7, 11) is 0. The van der Waals surface area contributed by atoms with Crippen LogP contribution in [0.15, 0.2) is 60.7 Å². The average molecular weight is 265 g/mol. The Labute approximate surface area is 117 Å². The van der Waals surface area contributed by atoms with Crippen LogP contribution < -0.4 is 4.74 Å². The third-order valence-electron chi connectivity index (χ3n) is 3.07. The molecule has 0 saturated carbocycles. The molecule has 20 heavy (non-hydrogen) atoms. The molecule has 3 nitrogen and oxygen atoms in total. The number of para-hydroxylation sites is 2. The van der Waals surface area contributed by atoms with Gasteiger partial charge in [0.25, 0.3) is 0 Å². The largest absolute Gasteiger partial charge is 0.495 e. The Bertz CT molecular complexity index is 710. The van der Waals surface area contributed by atoms with Gasteiger partial charge in [0.15, 0.2) is 5.88 Å². The SMILES string of the molecule is C1=Cc2ccccc2OC1.Oc1cc2ccccc2[nH]1. The fourth-order valence-corrected chi connectivity index (χ4v) is 2.12. The molecule has 0 amide bonds. The maximum absolute atomic E-state index is 9.00. The lowest BCUT2D eigenvalue weighted by molar-refractivity contribution is 0.358. The molecule has 0 saturated heterocycles. The van der Waals surface area contributed by atoms with Crippen molar-refractivity contribution in [1.29, 1.82) is 0 Å². The van der Waals surface area contributed by atoms with E-state index in [0.717, 1.165) is 16.7 Å². The quantitative estimate of drug-likeness (QED) is 0.646. The van der Waals surface area contributed by atoms with Crippen LogP contribution in [0.5, 0.6) is 11.6 Å². The summed E-state index contributed by atoms with van der Waals surface area (Å²) < 4.78 is 5.34. The highest BCUT2D eigenvalue weighted by molar-refractivity contribution is 5.80. The molecule has 0 atom stereocenters. The standard InChI is InChI=1S/C9H8O.C8H7NO/c1-2-6-9-8(4-1)5-3-7-10-9;10-8-5-6-3-1-2-4-7(6)9-8/h1-6H,7H2;1-5,9-10H. The molecule has 0 radical (unpaired) electrons. The Morgan fingerprint density at radius 2 is 1.80 bits per heavy atom. The summed E-state index contributed by atoms with van der Waals surface area (Å²) in [6.07, 6.45) is 4.10. The van der Waals surface area contributed by atoms with Crippen molar-refractivity contribution >= 4 is 17.0 Å². The fraction of sp³-hybridized carbons (Fsp3) is 0.0588. The van der Waals surface area contributed by atoms with Gasteiger partial charge in [0, 0.05) is 22.5 Å². The van der Waals surface area contributed by atoms with Gasteiger partial charge < -0.3 is 14.8 Å². The summed E-state index contributed by atoms with van der Waals surface area (Å²) >= 11 is 0. The monoisotopic (exact) mass is 265 g/mol. The van der Waals surface area contributed by atoms with Crippen LogP contribution in [-0.4, -0.2) is 16.7 Å². The molecule has 1 aromatic heterocycles. The van der Waals surface area contributed by atoms with Crippen molar-refractivity contribution in [3.63, 3.8) is 0 Å². The van der Waals surface area contributed by atoms with Crippen LogP contribution in [-0.2, 0) is 0 Å². The maximum Gasteiger partial charge on any atom is 0.189 e. The minimum Gasteiger partial charge on any atom is -0.495 e. The molecule has 2 N–H and O–H groups in total. The molecule has 2 heterocycles. The molecule has 1 aliphatic rings. The normalized spacial score (nSPS) is 12.2. The summed E-state index contributed by atoms with van der Waals surface area (Å²) in [5, 5.41) is 10.0. The molecule has 1 aliphatic heterocycles. The molecule has 0 bridgehead atoms. The average Bonchev–Trinajstić information content (AvgIpc) is 2.88. The number of aromatic amines is 1. The summed E-state index contributed by atoms with van der Waals surface area (Å²) in [5.74, 6) is 1.21. The van der Waals surface area contributed by atoms with Crippen molar-refractivity contribution in [1.82, 2.24) is 4.98 Å². The Morgan fingerprint density at radius 3 is 2.65 bits per heavy atom. The Hall–Kier alpha value is -2.68. The zero-order valence-electron chi connectivity index (χ0n) is 10.9. The van der Waals surface area contributed by atoms with Gasteiger partial charge in [0.05, 0.1) is 0 Å². The first-order chi connectivity index (χ1) is 9.83. The Kier molecular flexibility index (Phi) is 3.42. The maximum atomic E-state index is 9.00. The lowest BCUT2D eigenvalue weighted by Crippen LogP contribution is -1.98. The first kappa shape index (κ1) is 12.4. The van der Waals surface area contributed by atoms with E-state index in [1.807, 2.05) is 54.6 Å². The molecule has 3 aromatic rings. The van der Waals surface area contributed by atoms with Crippen molar-refractivity contribution in [2.75, 3.05) is 6.61 Å². The van der Waals surface area contributed by atoms with Gasteiger partial charge in [0.2, 0.25) is 0 Å². The number of aromatic hydroxyl groups is 1. The lowest BCUT2D eigenvalue weighted by Gasteiger charge is -2.10. The molecule has 2 aromatic carbocycles. The van der Waals surface area contributed by atoms with Crippen LogP contribution in [0.1, 0.15) is 5.56 Å². The van der Waals surface area contributed by atoms with E-state index < -0.39 is 0 Å². The second-order valence-corrected chi connectivity index (χ2v) is 4.49. The third kappa shape index (κ3) is 2.67. The molecular weight excluding hydrogens is 250 g/mol. The highest BCUT2D eigenvalue weighted by Crippen LogP contribution is 2.22. The summed E-state index contributed by atoms with van der Waals surface area (Å²) in [5.41, 5.74) is 2.15. The minimum atomic E-state index is 0.223. The van der Waals surface area contributed by atoms with Crippen LogP contribution in [0.3, 0.4) is 0 Å². The Morgan fingerprint density at radius 1 is 1.00 bits per heavy atom. The van der Waals surface area contributed by atoms with Crippen molar-refractivity contribution < 1.29 is 9.84 Å². The van der Waals surface area contributed by atoms with E-state index in [-0.39, 0.29) is 5.88 Å². The second kappa shape index (κ2) is 5.53. The van der Waals surface area contributed by atoms with Crippen LogP contribution in [0.25, 0.3) is 17.0 Å². The van der Waals surface area contributed by atoms with Gasteiger partial charge in [-0.2, -0.15) is 0 Å². The van der Waals surface area contributed by atoms with E-state index in [1.54, 1.807) is 6.07 Å². The fourth-order valence-electron chi connectivity index (χ4n) is 2.12. The number of H-pyrrole nitrogens is 1. The molecule has 4 rings (SSSR count). The van der Waals surface area contributed by atoms with Gasteiger partial charge in [-0.05, 0) is 18.2 Å². The lowest BCUT2D eigenvalue weighted by atomic mass is 10.1. The third-order valence-corrected chi connectivity index (χ3v) is 3.07. The number of nitrogens with one attached hydrogen (secondary N) is 1. The first-order valence-corrected chi connectivity index (χ1v) is 6.48. The van der Waals surface area contributed by atoms with E-state index in [4.69, 9.17) is 9.84 Å². The number of benzene rings is 2. The van der Waals surface area contributed by atoms with E-state index in [2.05, 4.69) is 11.1 Å². The van der Waals surface area contributed by atoms with Gasteiger partial charge >= 0.3 is 0 Å². The minimum absolute atomic E-state index is 0.223. The topological polar surface area (TPSA) is 45.2 Å². The van der Waals surface area contributed by atoms with Crippen LogP contribution in [0.2, 0.25) is 0 Å². The van der Waals surface area contributed by atoms with Gasteiger partial charge in [-0.25, -0.2) is 0 Å². The van der Waals surface area contributed by atoms with Gasteiger partial charge in [-0.1, -0.05) is 42.5 Å². The van der Waals surface area contributed by atoms with Gasteiger partial charge in [-0.15, -0.1) is 0 Å². The Balaban J connectivity index is 0.000000121. The molecule has 100 valence electrons. The zero-order valence-corrected chi connectivity index (χ0v) is 10.9. The molecule has 0 unspecified atom stereocenters. The van der Waals surface area contributed by atoms with Crippen molar-refractivity contribution in [3.05, 3.63) is 66.2 Å². The summed E-state index contributed by atoms with van der Waals surface area (Å²) in [6, 6.07) is 17.5. The van der Waals surface area contributed by atoms with Crippen LogP contribution >= 0.6 is 0 Å². The van der Waals surface area contributed by atoms with Crippen LogP contribution in [0.4, 0.5) is 0 Å². The van der Waals surface area contributed by atoms with E-state index in [0.29, 0.717) is 6.61 Å². The number of hydrogen-bond donors (Lipinski definition) is 2. The predicted molar refractivity (Wildman–Crippen MR) is 80.9 cm³/mol. The van der Waals surface area contributed by atoms with E-state index in [1.165, 1.54) is 5.56 Å². The molecule has 0 spiro atoms. The van der Waals surface area contributed by atoms with Gasteiger partial charge in [-0.3, -0.25) is 0 Å². The summed E-state index contributed by atoms with van der Waals surface area (Å²) in [6.45, 7) is 0.705. The zero-order chi connectivity index (χ0) is 13.8. The molecule has 3 heteroatoms. The van der Waals surface area contributed by atoms with Crippen molar-refractivity contribution in [2.45, 2.75) is 0 Å². The number of aromatic nitrogens is 1. The van der Waals surface area contributed by atoms with Crippen molar-refractivity contribution in [3.8, 4) is 11.6 Å². The highest BCUT2D eigenvalue weighted by atomic mass is 16.5. The smallest absolute Gasteiger partial charge is 0.189 e. The number of fused-ring (bicyclic) bond motifs is 2. The molecular formula is C17H15NO2. The predicted octanol–water partition coefficient (Wildman–Crippen LogP) is 3.97. The van der Waals surface area contributed by atoms with Gasteiger partial charge in [0.1, 0.15) is 12.4 Å². The second-order valence-electron chi connectivity index (χ2n) is 4.49. The van der Waals surface area contributed by atoms with E-state index >= 15 is 0 Å². The number of rotatable bonds is 0. The summed E-state index contributed by atoms with van der Waals surface area (Å²) in [4.78, 5) is 2.81. The van der Waals surface area contributed by atoms with Crippen molar-refractivity contribution in [2.24, 2.45) is 0 Å². The van der Waals surface area contributed by atoms with E-state index in [9.17, 15) is 0 Å².